The molecule has 2 heterocycles. The summed E-state index contributed by atoms with van der Waals surface area (Å²) in [4.78, 5) is 25.7. The van der Waals surface area contributed by atoms with Crippen LogP contribution in [0.25, 0.3) is 33.3 Å². The summed E-state index contributed by atoms with van der Waals surface area (Å²) in [5, 5.41) is 0. The van der Waals surface area contributed by atoms with Crippen LogP contribution in [0.1, 0.15) is 15.9 Å². The molecule has 0 saturated carbocycles. The average molecular weight is 309 g/mol. The summed E-state index contributed by atoms with van der Waals surface area (Å²) in [6.45, 7) is 0. The molecule has 4 heteroatoms. The van der Waals surface area contributed by atoms with E-state index in [4.69, 9.17) is 0 Å². The van der Waals surface area contributed by atoms with E-state index in [0.717, 1.165) is 44.4 Å². The number of aromatic nitrogens is 3. The van der Waals surface area contributed by atoms with Crippen LogP contribution >= 0.6 is 0 Å². The molecule has 2 aromatic carbocycles. The van der Waals surface area contributed by atoms with Crippen molar-refractivity contribution < 1.29 is 4.79 Å². The van der Waals surface area contributed by atoms with Crippen molar-refractivity contribution in [1.82, 2.24) is 15.0 Å². The molecular weight excluding hydrogens is 298 g/mol. The summed E-state index contributed by atoms with van der Waals surface area (Å²) < 4.78 is 0. The number of rotatable bonds is 1. The normalized spacial score (nSPS) is 12.2. The van der Waals surface area contributed by atoms with Crippen molar-refractivity contribution in [2.24, 2.45) is 0 Å². The van der Waals surface area contributed by atoms with Gasteiger partial charge in [0.1, 0.15) is 5.52 Å². The highest BCUT2D eigenvalue weighted by atomic mass is 16.1. The molecule has 0 bridgehead atoms. The van der Waals surface area contributed by atoms with Crippen molar-refractivity contribution in [1.29, 1.82) is 0 Å². The van der Waals surface area contributed by atoms with Gasteiger partial charge in [-0.05, 0) is 22.8 Å². The number of pyridine rings is 1. The van der Waals surface area contributed by atoms with Crippen LogP contribution in [0.5, 0.6) is 0 Å². The first kappa shape index (κ1) is 13.1. The van der Waals surface area contributed by atoms with Crippen molar-refractivity contribution in [3.63, 3.8) is 0 Å². The van der Waals surface area contributed by atoms with Crippen LogP contribution in [0.2, 0.25) is 0 Å². The number of fused-ring (bicyclic) bond motifs is 4. The summed E-state index contributed by atoms with van der Waals surface area (Å²) in [6, 6.07) is 13.7. The number of hydrogen-bond donors (Lipinski definition) is 0. The molecule has 0 saturated heterocycles. The molecule has 5 rings (SSSR count). The van der Waals surface area contributed by atoms with Crippen molar-refractivity contribution in [3.8, 4) is 22.3 Å². The van der Waals surface area contributed by atoms with Crippen LogP contribution in [0.15, 0.2) is 67.3 Å². The zero-order valence-corrected chi connectivity index (χ0v) is 12.6. The molecule has 0 fully saturated rings. The van der Waals surface area contributed by atoms with Crippen LogP contribution in [-0.4, -0.2) is 20.7 Å². The summed E-state index contributed by atoms with van der Waals surface area (Å²) in [6.07, 6.45) is 6.78. The molecule has 112 valence electrons. The Kier molecular flexibility index (Phi) is 2.61. The molecule has 0 atom stereocenters. The fourth-order valence-electron chi connectivity index (χ4n) is 3.30. The molecule has 0 aliphatic heterocycles. The van der Waals surface area contributed by atoms with E-state index in [0.29, 0.717) is 0 Å². The quantitative estimate of drug-likeness (QED) is 0.471. The lowest BCUT2D eigenvalue weighted by atomic mass is 9.99. The molecule has 4 nitrogen and oxygen atoms in total. The summed E-state index contributed by atoms with van der Waals surface area (Å²) in [5.41, 5.74) is 6.81. The predicted molar refractivity (Wildman–Crippen MR) is 91.6 cm³/mol. The number of carbonyl (C=O) groups is 1. The molecule has 24 heavy (non-hydrogen) atoms. The number of hydrogen-bond acceptors (Lipinski definition) is 4. The third-order valence-corrected chi connectivity index (χ3v) is 4.42. The fraction of sp³-hybridized carbons (Fsp3) is 0. The number of benzene rings is 2. The van der Waals surface area contributed by atoms with Gasteiger partial charge in [-0.25, -0.2) is 0 Å². The minimum absolute atomic E-state index is 0.0710. The highest BCUT2D eigenvalue weighted by Gasteiger charge is 2.26. The zero-order valence-electron chi connectivity index (χ0n) is 12.6. The van der Waals surface area contributed by atoms with E-state index in [9.17, 15) is 4.79 Å². The number of carbonyl (C=O) groups excluding carboxylic acids is 1. The van der Waals surface area contributed by atoms with Crippen molar-refractivity contribution in [2.75, 3.05) is 0 Å². The van der Waals surface area contributed by atoms with Crippen LogP contribution in [0, 0.1) is 0 Å². The molecule has 1 aliphatic rings. The summed E-state index contributed by atoms with van der Waals surface area (Å²) in [7, 11) is 0. The Morgan fingerprint density at radius 3 is 2.42 bits per heavy atom. The fourth-order valence-corrected chi connectivity index (χ4v) is 3.30. The lowest BCUT2D eigenvalue weighted by Gasteiger charge is -2.07. The number of ketones is 1. The topological polar surface area (TPSA) is 55.7 Å². The third kappa shape index (κ3) is 1.74. The van der Waals surface area contributed by atoms with Gasteiger partial charge < -0.3 is 0 Å². The van der Waals surface area contributed by atoms with Gasteiger partial charge in [-0.3, -0.25) is 19.7 Å². The molecular formula is C20H11N3O. The Balaban J connectivity index is 1.74. The van der Waals surface area contributed by atoms with E-state index in [2.05, 4.69) is 15.0 Å². The monoisotopic (exact) mass is 309 g/mol. The highest BCUT2D eigenvalue weighted by molar-refractivity contribution is 6.22. The molecule has 0 spiro atoms. The largest absolute Gasteiger partial charge is 0.289 e. The lowest BCUT2D eigenvalue weighted by Crippen LogP contribution is -1.96. The maximum absolute atomic E-state index is 12.7. The Hall–Kier alpha value is -3.40. The van der Waals surface area contributed by atoms with Gasteiger partial charge in [0.15, 0.2) is 5.78 Å². The van der Waals surface area contributed by atoms with Crippen molar-refractivity contribution in [3.05, 3.63) is 78.4 Å². The first-order chi connectivity index (χ1) is 11.8. The van der Waals surface area contributed by atoms with Gasteiger partial charge in [0.25, 0.3) is 0 Å². The summed E-state index contributed by atoms with van der Waals surface area (Å²) >= 11 is 0. The zero-order chi connectivity index (χ0) is 16.1. The Morgan fingerprint density at radius 1 is 0.708 bits per heavy atom. The van der Waals surface area contributed by atoms with E-state index >= 15 is 0 Å². The molecule has 0 N–H and O–H groups in total. The van der Waals surface area contributed by atoms with Crippen LogP contribution in [-0.2, 0) is 0 Å². The second-order valence-corrected chi connectivity index (χ2v) is 5.75. The van der Waals surface area contributed by atoms with E-state index in [1.165, 1.54) is 0 Å². The average Bonchev–Trinajstić information content (AvgIpc) is 2.94. The van der Waals surface area contributed by atoms with Crippen molar-refractivity contribution >= 4 is 16.8 Å². The van der Waals surface area contributed by atoms with Gasteiger partial charge in [-0.1, -0.05) is 36.4 Å². The second kappa shape index (κ2) is 4.80. The second-order valence-electron chi connectivity index (χ2n) is 5.75. The molecule has 0 radical (unpaired) electrons. The predicted octanol–water partition coefficient (Wildman–Crippen LogP) is 3.90. The van der Waals surface area contributed by atoms with Gasteiger partial charge in [-0.2, -0.15) is 0 Å². The number of nitrogens with zero attached hydrogens (tertiary/aromatic N) is 3. The Labute approximate surface area is 137 Å². The van der Waals surface area contributed by atoms with Gasteiger partial charge in [0.2, 0.25) is 0 Å². The maximum atomic E-state index is 12.7. The van der Waals surface area contributed by atoms with Crippen LogP contribution < -0.4 is 0 Å². The van der Waals surface area contributed by atoms with E-state index in [1.54, 1.807) is 24.8 Å². The van der Waals surface area contributed by atoms with Crippen LogP contribution in [0.4, 0.5) is 0 Å². The lowest BCUT2D eigenvalue weighted by molar-refractivity contribution is 0.104. The van der Waals surface area contributed by atoms with Gasteiger partial charge >= 0.3 is 0 Å². The smallest absolute Gasteiger partial charge is 0.194 e. The molecule has 4 aromatic rings. The van der Waals surface area contributed by atoms with E-state index in [1.807, 2.05) is 42.5 Å². The van der Waals surface area contributed by atoms with Gasteiger partial charge in [-0.15, -0.1) is 0 Å². The standard InChI is InChI=1S/C20H11N3O/c24-20-15-4-2-1-3-13(15)14-6-5-12(9-16(14)20)17-10-21-11-18-19(17)23-8-7-22-18/h1-11H. The Bertz CT molecular complexity index is 1130. The highest BCUT2D eigenvalue weighted by Crippen LogP contribution is 2.38. The van der Waals surface area contributed by atoms with Crippen molar-refractivity contribution in [2.45, 2.75) is 0 Å². The molecule has 1 aliphatic carbocycles. The third-order valence-electron chi connectivity index (χ3n) is 4.42. The van der Waals surface area contributed by atoms with Crippen LogP contribution in [0.3, 0.4) is 0 Å². The summed E-state index contributed by atoms with van der Waals surface area (Å²) in [5.74, 6) is 0.0710. The van der Waals surface area contributed by atoms with E-state index < -0.39 is 0 Å². The minimum atomic E-state index is 0.0710. The van der Waals surface area contributed by atoms with Gasteiger partial charge in [0.05, 0.1) is 11.7 Å². The SMILES string of the molecule is O=C1c2ccccc2-c2ccc(-c3cncc4nccnc34)cc21. The minimum Gasteiger partial charge on any atom is -0.289 e. The first-order valence-electron chi connectivity index (χ1n) is 7.66. The maximum Gasteiger partial charge on any atom is 0.194 e. The molecule has 0 amide bonds. The molecule has 2 aromatic heterocycles. The molecule has 0 unspecified atom stereocenters. The van der Waals surface area contributed by atoms with E-state index in [-0.39, 0.29) is 5.78 Å². The first-order valence-corrected chi connectivity index (χ1v) is 7.66. The Morgan fingerprint density at radius 2 is 1.50 bits per heavy atom. The van der Waals surface area contributed by atoms with Gasteiger partial charge in [0, 0.05) is 35.3 Å².